The fourth-order valence-electron chi connectivity index (χ4n) is 2.77. The Labute approximate surface area is 162 Å². The van der Waals surface area contributed by atoms with E-state index in [-0.39, 0.29) is 18.0 Å². The highest BCUT2D eigenvalue weighted by Crippen LogP contribution is 2.31. The first-order chi connectivity index (χ1) is 12.2. The number of halogens is 4. The first-order valence-corrected chi connectivity index (χ1v) is 10.9. The smallest absolute Gasteiger partial charge is 0.296 e. The third-order valence-corrected chi connectivity index (χ3v) is 7.64. The summed E-state index contributed by atoms with van der Waals surface area (Å²) in [6.07, 6.45) is -4.57. The van der Waals surface area contributed by atoms with Crippen molar-refractivity contribution >= 4 is 37.3 Å². The molecule has 2 heterocycles. The Morgan fingerprint density at radius 2 is 1.77 bits per heavy atom. The first-order valence-electron chi connectivity index (χ1n) is 7.80. The number of rotatable bonds is 4. The lowest BCUT2D eigenvalue weighted by molar-refractivity contribution is -0.137. The van der Waals surface area contributed by atoms with Gasteiger partial charge in [-0.25, -0.2) is 8.42 Å². The minimum absolute atomic E-state index is 0.255. The van der Waals surface area contributed by atoms with Crippen LogP contribution >= 0.6 is 27.3 Å². The van der Waals surface area contributed by atoms with Gasteiger partial charge in [0.25, 0.3) is 0 Å². The molecule has 0 aliphatic carbocycles. The molecule has 2 aromatic rings. The number of hydrogen-bond acceptors (Lipinski definition) is 4. The molecule has 0 spiro atoms. The lowest BCUT2D eigenvalue weighted by atomic mass is 10.2. The summed E-state index contributed by atoms with van der Waals surface area (Å²) >= 11 is 5.04. The molecule has 142 valence electrons. The fourth-order valence-corrected chi connectivity index (χ4v) is 5.76. The van der Waals surface area contributed by atoms with Gasteiger partial charge < -0.3 is 0 Å². The lowest BCUT2D eigenvalue weighted by Crippen LogP contribution is -2.48. The van der Waals surface area contributed by atoms with Crippen molar-refractivity contribution in [3.63, 3.8) is 0 Å². The zero-order chi connectivity index (χ0) is 18.9. The summed E-state index contributed by atoms with van der Waals surface area (Å²) in [7, 11) is -3.94. The molecule has 0 unspecified atom stereocenters. The molecule has 0 saturated carbocycles. The van der Waals surface area contributed by atoms with Gasteiger partial charge in [0.05, 0.1) is 14.2 Å². The minimum Gasteiger partial charge on any atom is -0.296 e. The Hall–Kier alpha value is -0.940. The molecular weight excluding hydrogens is 453 g/mol. The van der Waals surface area contributed by atoms with E-state index >= 15 is 0 Å². The molecule has 4 nitrogen and oxygen atoms in total. The average molecular weight is 469 g/mol. The van der Waals surface area contributed by atoms with Crippen LogP contribution in [0.25, 0.3) is 0 Å². The minimum atomic E-state index is -4.57. The standard InChI is InChI=1S/C16H16BrF3N2O2S2/c17-15-5-4-13(25-15)11-21-6-8-22(9-7-21)26(23,24)14-3-1-2-12(10-14)16(18,19)20/h1-5,10H,6-9,11H2. The number of thiophene rings is 1. The van der Waals surface area contributed by atoms with Crippen LogP contribution in [0.4, 0.5) is 13.2 Å². The summed E-state index contributed by atoms with van der Waals surface area (Å²) in [6, 6.07) is 7.89. The fraction of sp³-hybridized carbons (Fsp3) is 0.375. The number of nitrogens with zero attached hydrogens (tertiary/aromatic N) is 2. The number of hydrogen-bond donors (Lipinski definition) is 0. The van der Waals surface area contributed by atoms with Crippen LogP contribution in [0, 0.1) is 0 Å². The Balaban J connectivity index is 1.68. The molecule has 0 bridgehead atoms. The van der Waals surface area contributed by atoms with E-state index in [9.17, 15) is 21.6 Å². The second kappa shape index (κ2) is 7.59. The van der Waals surface area contributed by atoms with Crippen molar-refractivity contribution in [1.29, 1.82) is 0 Å². The zero-order valence-electron chi connectivity index (χ0n) is 13.5. The molecule has 1 aliphatic heterocycles. The van der Waals surface area contributed by atoms with E-state index in [1.54, 1.807) is 11.3 Å². The summed E-state index contributed by atoms with van der Waals surface area (Å²) in [5.41, 5.74) is -0.958. The van der Waals surface area contributed by atoms with Crippen molar-refractivity contribution in [2.75, 3.05) is 26.2 Å². The highest BCUT2D eigenvalue weighted by Gasteiger charge is 2.34. The molecule has 1 aromatic heterocycles. The van der Waals surface area contributed by atoms with E-state index < -0.39 is 21.8 Å². The third-order valence-electron chi connectivity index (χ3n) is 4.14. The molecular formula is C16H16BrF3N2O2S2. The zero-order valence-corrected chi connectivity index (χ0v) is 16.8. The summed E-state index contributed by atoms with van der Waals surface area (Å²) in [4.78, 5) is 2.99. The van der Waals surface area contributed by atoms with E-state index in [2.05, 4.69) is 20.8 Å². The molecule has 3 rings (SSSR count). The van der Waals surface area contributed by atoms with Gasteiger partial charge in [0.15, 0.2) is 0 Å². The van der Waals surface area contributed by atoms with Crippen LogP contribution in [-0.4, -0.2) is 43.8 Å². The predicted octanol–water partition coefficient (Wildman–Crippen LogP) is 4.04. The Morgan fingerprint density at radius 1 is 1.08 bits per heavy atom. The summed E-state index contributed by atoms with van der Waals surface area (Å²) < 4.78 is 66.2. The molecule has 1 saturated heterocycles. The molecule has 10 heteroatoms. The molecule has 0 atom stereocenters. The second-order valence-corrected chi connectivity index (χ2v) is 10.4. The Kier molecular flexibility index (Phi) is 5.78. The van der Waals surface area contributed by atoms with Crippen LogP contribution in [0.2, 0.25) is 0 Å². The largest absolute Gasteiger partial charge is 0.416 e. The summed E-state index contributed by atoms with van der Waals surface area (Å²) in [5.74, 6) is 0. The number of sulfonamides is 1. The molecule has 0 N–H and O–H groups in total. The van der Waals surface area contributed by atoms with Crippen LogP contribution in [0.15, 0.2) is 45.1 Å². The normalized spacial score (nSPS) is 17.5. The van der Waals surface area contributed by atoms with Gasteiger partial charge >= 0.3 is 6.18 Å². The molecule has 26 heavy (non-hydrogen) atoms. The average Bonchev–Trinajstić information content (AvgIpc) is 2.99. The second-order valence-electron chi connectivity index (χ2n) is 5.91. The first kappa shape index (κ1) is 19.8. The molecule has 0 amide bonds. The van der Waals surface area contributed by atoms with Crippen molar-refractivity contribution in [1.82, 2.24) is 9.21 Å². The van der Waals surface area contributed by atoms with Crippen LogP contribution in [-0.2, 0) is 22.7 Å². The van der Waals surface area contributed by atoms with Gasteiger partial charge in [-0.2, -0.15) is 17.5 Å². The SMILES string of the molecule is O=S(=O)(c1cccc(C(F)(F)F)c1)N1CCN(Cc2ccc(Br)s2)CC1. The van der Waals surface area contributed by atoms with Crippen LogP contribution in [0.1, 0.15) is 10.4 Å². The van der Waals surface area contributed by atoms with Gasteiger partial charge in [-0.05, 0) is 46.3 Å². The summed E-state index contributed by atoms with van der Waals surface area (Å²) in [6.45, 7) is 2.31. The Morgan fingerprint density at radius 3 is 2.35 bits per heavy atom. The van der Waals surface area contributed by atoms with Crippen molar-refractivity contribution in [3.05, 3.63) is 50.6 Å². The third kappa shape index (κ3) is 4.48. The molecule has 1 aliphatic rings. The predicted molar refractivity (Wildman–Crippen MR) is 97.5 cm³/mol. The van der Waals surface area contributed by atoms with Gasteiger partial charge in [-0.15, -0.1) is 11.3 Å². The maximum Gasteiger partial charge on any atom is 0.416 e. The van der Waals surface area contributed by atoms with Crippen LogP contribution < -0.4 is 0 Å². The highest BCUT2D eigenvalue weighted by atomic mass is 79.9. The summed E-state index contributed by atoms with van der Waals surface area (Å²) in [5, 5.41) is 0. The maximum atomic E-state index is 12.8. The monoisotopic (exact) mass is 468 g/mol. The Bertz CT molecular complexity index is 876. The van der Waals surface area contributed by atoms with Gasteiger partial charge in [0, 0.05) is 37.6 Å². The topological polar surface area (TPSA) is 40.6 Å². The van der Waals surface area contributed by atoms with Crippen LogP contribution in [0.3, 0.4) is 0 Å². The van der Waals surface area contributed by atoms with Crippen molar-refractivity contribution in [2.24, 2.45) is 0 Å². The number of alkyl halides is 3. The number of benzene rings is 1. The van der Waals surface area contributed by atoms with Gasteiger partial charge in [-0.1, -0.05) is 6.07 Å². The molecule has 1 fully saturated rings. The van der Waals surface area contributed by atoms with E-state index in [0.29, 0.717) is 19.2 Å². The van der Waals surface area contributed by atoms with Crippen molar-refractivity contribution < 1.29 is 21.6 Å². The molecule has 1 aromatic carbocycles. The van der Waals surface area contributed by atoms with E-state index in [0.717, 1.165) is 22.5 Å². The van der Waals surface area contributed by atoms with Crippen molar-refractivity contribution in [2.45, 2.75) is 17.6 Å². The lowest BCUT2D eigenvalue weighted by Gasteiger charge is -2.33. The van der Waals surface area contributed by atoms with Crippen LogP contribution in [0.5, 0.6) is 0 Å². The van der Waals surface area contributed by atoms with Crippen molar-refractivity contribution in [3.8, 4) is 0 Å². The highest BCUT2D eigenvalue weighted by molar-refractivity contribution is 9.11. The van der Waals surface area contributed by atoms with Gasteiger partial charge in [0.2, 0.25) is 10.0 Å². The maximum absolute atomic E-state index is 12.8. The molecule has 0 radical (unpaired) electrons. The van der Waals surface area contributed by atoms with E-state index in [1.165, 1.54) is 15.2 Å². The van der Waals surface area contributed by atoms with Gasteiger partial charge in [-0.3, -0.25) is 4.90 Å². The van der Waals surface area contributed by atoms with E-state index in [4.69, 9.17) is 0 Å². The number of piperazine rings is 1. The van der Waals surface area contributed by atoms with E-state index in [1.807, 2.05) is 12.1 Å². The quantitative estimate of drug-likeness (QED) is 0.679. The van der Waals surface area contributed by atoms with Gasteiger partial charge in [0.1, 0.15) is 0 Å².